The van der Waals surface area contributed by atoms with Gasteiger partial charge in [0.2, 0.25) is 0 Å². The molecule has 1 saturated heterocycles. The summed E-state index contributed by atoms with van der Waals surface area (Å²) in [4.78, 5) is 0.690. The minimum Gasteiger partial charge on any atom is -0.495 e. The summed E-state index contributed by atoms with van der Waals surface area (Å²) >= 11 is 0. The summed E-state index contributed by atoms with van der Waals surface area (Å²) in [5, 5.41) is -0.187. The van der Waals surface area contributed by atoms with Gasteiger partial charge in [-0.25, -0.2) is 0 Å². The Balaban J connectivity index is 1.85. The average Bonchev–Trinajstić information content (AvgIpc) is 2.97. The van der Waals surface area contributed by atoms with Gasteiger partial charge in [-0.1, -0.05) is 12.1 Å². The monoisotopic (exact) mass is 311 g/mol. The Morgan fingerprint density at radius 1 is 1.33 bits per heavy atom. The van der Waals surface area contributed by atoms with E-state index >= 15 is 0 Å². The molecular weight excluding hydrogens is 290 g/mol. The van der Waals surface area contributed by atoms with Crippen LogP contribution < -0.4 is 10.5 Å². The van der Waals surface area contributed by atoms with Crippen LogP contribution in [0.15, 0.2) is 29.2 Å². The van der Waals surface area contributed by atoms with Crippen molar-refractivity contribution in [1.82, 2.24) is 0 Å². The molecule has 0 aromatic heterocycles. The SMILES string of the molecule is COc1ccccc1S(=O)C1CC2(CCC1N)OCCO2. The molecule has 1 spiro atoms. The summed E-state index contributed by atoms with van der Waals surface area (Å²) in [7, 11) is 0.341. The van der Waals surface area contributed by atoms with Crippen molar-refractivity contribution in [3.05, 3.63) is 24.3 Å². The molecule has 0 amide bonds. The van der Waals surface area contributed by atoms with Crippen molar-refractivity contribution in [2.45, 2.75) is 41.2 Å². The summed E-state index contributed by atoms with van der Waals surface area (Å²) in [6.45, 7) is 1.20. The maximum absolute atomic E-state index is 13.0. The Morgan fingerprint density at radius 2 is 2.05 bits per heavy atom. The summed E-state index contributed by atoms with van der Waals surface area (Å²) in [5.41, 5.74) is 6.21. The lowest BCUT2D eigenvalue weighted by Crippen LogP contribution is -2.50. The number of benzene rings is 1. The third-order valence-electron chi connectivity index (χ3n) is 4.22. The molecule has 0 bridgehead atoms. The van der Waals surface area contributed by atoms with Gasteiger partial charge in [0.05, 0.1) is 41.3 Å². The number of para-hydroxylation sites is 1. The fourth-order valence-corrected chi connectivity index (χ4v) is 4.82. The number of rotatable bonds is 3. The maximum Gasteiger partial charge on any atom is 0.169 e. The van der Waals surface area contributed by atoms with E-state index in [0.717, 1.165) is 12.8 Å². The molecule has 2 aliphatic rings. The minimum absolute atomic E-state index is 0.117. The van der Waals surface area contributed by atoms with Crippen molar-refractivity contribution in [3.8, 4) is 5.75 Å². The van der Waals surface area contributed by atoms with E-state index in [4.69, 9.17) is 19.9 Å². The molecule has 116 valence electrons. The topological polar surface area (TPSA) is 70.8 Å². The van der Waals surface area contributed by atoms with Crippen molar-refractivity contribution < 1.29 is 18.4 Å². The highest BCUT2D eigenvalue weighted by molar-refractivity contribution is 7.85. The molecule has 1 heterocycles. The lowest BCUT2D eigenvalue weighted by atomic mass is 9.90. The van der Waals surface area contributed by atoms with Crippen molar-refractivity contribution >= 4 is 10.8 Å². The summed E-state index contributed by atoms with van der Waals surface area (Å²) in [6, 6.07) is 7.27. The molecule has 3 atom stereocenters. The van der Waals surface area contributed by atoms with Gasteiger partial charge in [-0.05, 0) is 18.6 Å². The summed E-state index contributed by atoms with van der Waals surface area (Å²) in [6.07, 6.45) is 2.10. The molecule has 3 unspecified atom stereocenters. The predicted octanol–water partition coefficient (Wildman–Crippen LogP) is 1.43. The van der Waals surface area contributed by atoms with E-state index in [2.05, 4.69) is 0 Å². The average molecular weight is 311 g/mol. The van der Waals surface area contributed by atoms with E-state index in [9.17, 15) is 4.21 Å². The summed E-state index contributed by atoms with van der Waals surface area (Å²) < 4.78 is 29.8. The Morgan fingerprint density at radius 3 is 2.76 bits per heavy atom. The van der Waals surface area contributed by atoms with Crippen LogP contribution in [-0.4, -0.2) is 41.6 Å². The highest BCUT2D eigenvalue weighted by Crippen LogP contribution is 2.39. The zero-order chi connectivity index (χ0) is 14.9. The largest absolute Gasteiger partial charge is 0.495 e. The van der Waals surface area contributed by atoms with E-state index in [1.807, 2.05) is 24.3 Å². The van der Waals surface area contributed by atoms with Gasteiger partial charge in [-0.15, -0.1) is 0 Å². The van der Waals surface area contributed by atoms with E-state index in [-0.39, 0.29) is 11.3 Å². The first-order chi connectivity index (χ1) is 10.2. The van der Waals surface area contributed by atoms with Gasteiger partial charge in [0.25, 0.3) is 0 Å². The van der Waals surface area contributed by atoms with E-state index < -0.39 is 16.6 Å². The molecule has 2 N–H and O–H groups in total. The lowest BCUT2D eigenvalue weighted by molar-refractivity contribution is -0.177. The second kappa shape index (κ2) is 6.04. The third kappa shape index (κ3) is 2.85. The van der Waals surface area contributed by atoms with Gasteiger partial charge >= 0.3 is 0 Å². The molecule has 5 nitrogen and oxygen atoms in total. The normalized spacial score (nSPS) is 29.4. The molecular formula is C15H21NO4S. The molecule has 1 aromatic carbocycles. The van der Waals surface area contributed by atoms with Crippen LogP contribution in [0.25, 0.3) is 0 Å². The first kappa shape index (κ1) is 15.0. The second-order valence-electron chi connectivity index (χ2n) is 5.50. The Kier molecular flexibility index (Phi) is 4.31. The van der Waals surface area contributed by atoms with Crippen molar-refractivity contribution in [2.75, 3.05) is 20.3 Å². The number of hydrogen-bond donors (Lipinski definition) is 1. The van der Waals surface area contributed by atoms with Crippen LogP contribution in [0.2, 0.25) is 0 Å². The maximum atomic E-state index is 13.0. The van der Waals surface area contributed by atoms with Crippen LogP contribution in [0.1, 0.15) is 19.3 Å². The standard InChI is InChI=1S/C15H21NO4S/c1-18-12-4-2-3-5-13(12)21(17)14-10-15(7-6-11(14)16)19-8-9-20-15/h2-5,11,14H,6-10,16H2,1H3. The highest BCUT2D eigenvalue weighted by Gasteiger charge is 2.46. The van der Waals surface area contributed by atoms with Crippen LogP contribution in [0.3, 0.4) is 0 Å². The molecule has 3 rings (SSSR count). The lowest BCUT2D eigenvalue weighted by Gasteiger charge is -2.39. The van der Waals surface area contributed by atoms with Gasteiger partial charge in [0.1, 0.15) is 5.75 Å². The van der Waals surface area contributed by atoms with E-state index in [1.54, 1.807) is 7.11 Å². The smallest absolute Gasteiger partial charge is 0.169 e. The number of hydrogen-bond acceptors (Lipinski definition) is 5. The van der Waals surface area contributed by atoms with Crippen LogP contribution >= 0.6 is 0 Å². The van der Waals surface area contributed by atoms with Gasteiger partial charge < -0.3 is 19.9 Å². The van der Waals surface area contributed by atoms with Gasteiger partial charge in [0, 0.05) is 18.9 Å². The van der Waals surface area contributed by atoms with Crippen LogP contribution in [0, 0.1) is 0 Å². The number of ether oxygens (including phenoxy) is 3. The van der Waals surface area contributed by atoms with Crippen LogP contribution in [0.5, 0.6) is 5.75 Å². The van der Waals surface area contributed by atoms with Crippen LogP contribution in [-0.2, 0) is 20.3 Å². The van der Waals surface area contributed by atoms with Gasteiger partial charge in [0.15, 0.2) is 5.79 Å². The molecule has 1 aliphatic carbocycles. The van der Waals surface area contributed by atoms with Crippen molar-refractivity contribution in [1.29, 1.82) is 0 Å². The van der Waals surface area contributed by atoms with Gasteiger partial charge in [-0.3, -0.25) is 4.21 Å². The molecule has 2 fully saturated rings. The molecule has 1 aromatic rings. The predicted molar refractivity (Wildman–Crippen MR) is 79.7 cm³/mol. The summed E-state index contributed by atoms with van der Waals surface area (Å²) in [5.74, 6) is 0.0500. The Hall–Kier alpha value is -0.950. The quantitative estimate of drug-likeness (QED) is 0.914. The second-order valence-corrected chi connectivity index (χ2v) is 7.14. The number of methoxy groups -OCH3 is 1. The highest BCUT2D eigenvalue weighted by atomic mass is 32.2. The van der Waals surface area contributed by atoms with Crippen LogP contribution in [0.4, 0.5) is 0 Å². The molecule has 6 heteroatoms. The first-order valence-electron chi connectivity index (χ1n) is 7.22. The molecule has 1 saturated carbocycles. The molecule has 0 radical (unpaired) electrons. The zero-order valence-corrected chi connectivity index (χ0v) is 12.9. The third-order valence-corrected chi connectivity index (χ3v) is 6.06. The first-order valence-corrected chi connectivity index (χ1v) is 8.44. The zero-order valence-electron chi connectivity index (χ0n) is 12.1. The van der Waals surface area contributed by atoms with Gasteiger partial charge in [-0.2, -0.15) is 0 Å². The van der Waals surface area contributed by atoms with Crippen molar-refractivity contribution in [2.24, 2.45) is 5.73 Å². The van der Waals surface area contributed by atoms with E-state index in [1.165, 1.54) is 0 Å². The number of nitrogens with two attached hydrogens (primary N) is 1. The van der Waals surface area contributed by atoms with E-state index in [0.29, 0.717) is 30.3 Å². The Labute approximate surface area is 127 Å². The fourth-order valence-electron chi connectivity index (χ4n) is 3.07. The molecule has 1 aliphatic heterocycles. The fraction of sp³-hybridized carbons (Fsp3) is 0.600. The molecule has 21 heavy (non-hydrogen) atoms. The Bertz CT molecular complexity index is 530. The minimum atomic E-state index is -1.24. The van der Waals surface area contributed by atoms with Crippen molar-refractivity contribution in [3.63, 3.8) is 0 Å².